The maximum atomic E-state index is 12.8. The average Bonchev–Trinajstić information content (AvgIpc) is 2.68. The van der Waals surface area contributed by atoms with Crippen LogP contribution in [0.5, 0.6) is 0 Å². The van der Waals surface area contributed by atoms with E-state index in [4.69, 9.17) is 0 Å². The van der Waals surface area contributed by atoms with Crippen LogP contribution in [0, 0.1) is 6.92 Å². The predicted octanol–water partition coefficient (Wildman–Crippen LogP) is 4.33. The van der Waals surface area contributed by atoms with Gasteiger partial charge in [-0.25, -0.2) is 0 Å². The zero-order valence-electron chi connectivity index (χ0n) is 15.5. The lowest BCUT2D eigenvalue weighted by Crippen LogP contribution is -2.37. The quantitative estimate of drug-likeness (QED) is 0.892. The first kappa shape index (κ1) is 18.2. The zero-order chi connectivity index (χ0) is 18.5. The largest absolute Gasteiger partial charge is 0.349 e. The van der Waals surface area contributed by atoms with Gasteiger partial charge in [0, 0.05) is 18.7 Å². The highest BCUT2D eigenvalue weighted by atomic mass is 16.2. The lowest BCUT2D eigenvalue weighted by molar-refractivity contribution is 0.0928. The Morgan fingerprint density at radius 1 is 0.962 bits per heavy atom. The minimum atomic E-state index is -0.122. The van der Waals surface area contributed by atoms with Crippen LogP contribution in [0.2, 0.25) is 0 Å². The van der Waals surface area contributed by atoms with E-state index in [1.165, 1.54) is 19.3 Å². The number of anilines is 1. The molecule has 0 aliphatic heterocycles. The van der Waals surface area contributed by atoms with Crippen LogP contribution in [0.4, 0.5) is 5.69 Å². The van der Waals surface area contributed by atoms with E-state index in [1.807, 2.05) is 49.4 Å². The summed E-state index contributed by atoms with van der Waals surface area (Å²) in [5.74, 6) is -0.223. The third-order valence-electron chi connectivity index (χ3n) is 5.05. The maximum absolute atomic E-state index is 12.8. The third-order valence-corrected chi connectivity index (χ3v) is 5.05. The van der Waals surface area contributed by atoms with E-state index in [2.05, 4.69) is 5.32 Å². The van der Waals surface area contributed by atoms with E-state index in [0.717, 1.165) is 18.4 Å². The van der Waals surface area contributed by atoms with E-state index < -0.39 is 0 Å². The van der Waals surface area contributed by atoms with Crippen molar-refractivity contribution < 1.29 is 9.59 Å². The van der Waals surface area contributed by atoms with Gasteiger partial charge >= 0.3 is 0 Å². The second kappa shape index (κ2) is 8.17. The highest BCUT2D eigenvalue weighted by molar-refractivity contribution is 6.10. The van der Waals surface area contributed by atoms with Crippen molar-refractivity contribution in [1.82, 2.24) is 5.32 Å². The number of carbonyl (C=O) groups excluding carboxylic acids is 2. The summed E-state index contributed by atoms with van der Waals surface area (Å²) in [6.07, 6.45) is 5.64. The Morgan fingerprint density at radius 2 is 1.62 bits per heavy atom. The van der Waals surface area contributed by atoms with E-state index >= 15 is 0 Å². The summed E-state index contributed by atoms with van der Waals surface area (Å²) < 4.78 is 0. The number of carbonyl (C=O) groups is 2. The Labute approximate surface area is 155 Å². The van der Waals surface area contributed by atoms with Crippen LogP contribution < -0.4 is 10.2 Å². The molecule has 0 heterocycles. The van der Waals surface area contributed by atoms with Crippen molar-refractivity contribution in [3.05, 3.63) is 65.2 Å². The second-order valence-electron chi connectivity index (χ2n) is 7.06. The van der Waals surface area contributed by atoms with Crippen LogP contribution in [-0.2, 0) is 0 Å². The molecule has 0 unspecified atom stereocenters. The molecule has 3 rings (SSSR count). The smallest absolute Gasteiger partial charge is 0.258 e. The maximum Gasteiger partial charge on any atom is 0.258 e. The highest BCUT2D eigenvalue weighted by Crippen LogP contribution is 2.23. The van der Waals surface area contributed by atoms with Gasteiger partial charge in [-0.1, -0.05) is 49.1 Å². The first-order valence-corrected chi connectivity index (χ1v) is 9.31. The van der Waals surface area contributed by atoms with E-state index in [0.29, 0.717) is 16.8 Å². The lowest BCUT2D eigenvalue weighted by Gasteiger charge is -2.25. The number of hydrogen-bond acceptors (Lipinski definition) is 2. The fourth-order valence-electron chi connectivity index (χ4n) is 3.47. The molecule has 26 heavy (non-hydrogen) atoms. The van der Waals surface area contributed by atoms with Gasteiger partial charge in [0.05, 0.1) is 11.3 Å². The SMILES string of the molecule is Cc1ccc(C(=O)N(C)c2ccccc2C(=O)NC2CCCCC2)cc1. The van der Waals surface area contributed by atoms with Crippen molar-refractivity contribution in [3.63, 3.8) is 0 Å². The van der Waals surface area contributed by atoms with Gasteiger partial charge in [0.25, 0.3) is 11.8 Å². The molecule has 4 heteroatoms. The minimum Gasteiger partial charge on any atom is -0.349 e. The van der Waals surface area contributed by atoms with Gasteiger partial charge in [-0.15, -0.1) is 0 Å². The van der Waals surface area contributed by atoms with Gasteiger partial charge in [-0.3, -0.25) is 9.59 Å². The summed E-state index contributed by atoms with van der Waals surface area (Å²) >= 11 is 0. The summed E-state index contributed by atoms with van der Waals surface area (Å²) in [6.45, 7) is 1.99. The zero-order valence-corrected chi connectivity index (χ0v) is 15.5. The van der Waals surface area contributed by atoms with Crippen LogP contribution in [-0.4, -0.2) is 24.9 Å². The fraction of sp³-hybridized carbons (Fsp3) is 0.364. The molecule has 1 N–H and O–H groups in total. The lowest BCUT2D eigenvalue weighted by atomic mass is 9.95. The van der Waals surface area contributed by atoms with E-state index in [9.17, 15) is 9.59 Å². The Bertz CT molecular complexity index is 777. The number of amides is 2. The number of nitrogens with one attached hydrogen (secondary N) is 1. The Hall–Kier alpha value is -2.62. The van der Waals surface area contributed by atoms with E-state index in [1.54, 1.807) is 18.0 Å². The molecule has 0 bridgehead atoms. The topological polar surface area (TPSA) is 49.4 Å². The predicted molar refractivity (Wildman–Crippen MR) is 105 cm³/mol. The first-order valence-electron chi connectivity index (χ1n) is 9.31. The molecular weight excluding hydrogens is 324 g/mol. The van der Waals surface area contributed by atoms with Gasteiger partial charge in [-0.05, 0) is 44.0 Å². The summed E-state index contributed by atoms with van der Waals surface area (Å²) in [4.78, 5) is 27.2. The van der Waals surface area contributed by atoms with Gasteiger partial charge in [0.15, 0.2) is 0 Å². The Balaban J connectivity index is 1.80. The van der Waals surface area contributed by atoms with Gasteiger partial charge in [0.1, 0.15) is 0 Å². The molecular formula is C22H26N2O2. The van der Waals surface area contributed by atoms with Crippen molar-refractivity contribution in [2.45, 2.75) is 45.1 Å². The fourth-order valence-corrected chi connectivity index (χ4v) is 3.47. The Morgan fingerprint density at radius 3 is 2.31 bits per heavy atom. The van der Waals surface area contributed by atoms with Crippen molar-refractivity contribution in [1.29, 1.82) is 0 Å². The second-order valence-corrected chi connectivity index (χ2v) is 7.06. The number of nitrogens with zero attached hydrogens (tertiary/aromatic N) is 1. The van der Waals surface area contributed by atoms with Gasteiger partial charge in [-0.2, -0.15) is 0 Å². The molecule has 1 aliphatic carbocycles. The van der Waals surface area contributed by atoms with Crippen LogP contribution >= 0.6 is 0 Å². The number of para-hydroxylation sites is 1. The summed E-state index contributed by atoms with van der Waals surface area (Å²) in [5.41, 5.74) is 2.89. The molecule has 2 amide bonds. The molecule has 0 radical (unpaired) electrons. The standard InChI is InChI=1S/C22H26N2O2/c1-16-12-14-17(15-13-16)22(26)24(2)20-11-7-6-10-19(20)21(25)23-18-8-4-3-5-9-18/h6-7,10-15,18H,3-5,8-9H2,1-2H3,(H,23,25). The monoisotopic (exact) mass is 350 g/mol. The molecule has 0 atom stereocenters. The minimum absolute atomic E-state index is 0.101. The molecule has 0 aromatic heterocycles. The summed E-state index contributed by atoms with van der Waals surface area (Å²) in [5, 5.41) is 3.14. The van der Waals surface area contributed by atoms with Crippen LogP contribution in [0.25, 0.3) is 0 Å². The normalized spacial score (nSPS) is 14.7. The Kier molecular flexibility index (Phi) is 5.71. The third kappa shape index (κ3) is 4.13. The molecule has 2 aromatic carbocycles. The molecule has 1 aliphatic rings. The molecule has 1 saturated carbocycles. The van der Waals surface area contributed by atoms with Crippen LogP contribution in [0.1, 0.15) is 58.4 Å². The van der Waals surface area contributed by atoms with Crippen molar-refractivity contribution in [2.24, 2.45) is 0 Å². The number of hydrogen-bond donors (Lipinski definition) is 1. The molecule has 0 saturated heterocycles. The van der Waals surface area contributed by atoms with Gasteiger partial charge in [0.2, 0.25) is 0 Å². The average molecular weight is 350 g/mol. The molecule has 136 valence electrons. The van der Waals surface area contributed by atoms with Gasteiger partial charge < -0.3 is 10.2 Å². The van der Waals surface area contributed by atoms with Crippen LogP contribution in [0.15, 0.2) is 48.5 Å². The summed E-state index contributed by atoms with van der Waals surface area (Å²) in [7, 11) is 1.72. The van der Waals surface area contributed by atoms with Crippen molar-refractivity contribution in [2.75, 3.05) is 11.9 Å². The molecule has 2 aromatic rings. The molecule has 4 nitrogen and oxygen atoms in total. The van der Waals surface area contributed by atoms with E-state index in [-0.39, 0.29) is 17.9 Å². The molecule has 0 spiro atoms. The van der Waals surface area contributed by atoms with Crippen LogP contribution in [0.3, 0.4) is 0 Å². The number of benzene rings is 2. The number of rotatable bonds is 4. The van der Waals surface area contributed by atoms with Crippen molar-refractivity contribution in [3.8, 4) is 0 Å². The first-order chi connectivity index (χ1) is 12.6. The van der Waals surface area contributed by atoms with Crippen molar-refractivity contribution >= 4 is 17.5 Å². The highest BCUT2D eigenvalue weighted by Gasteiger charge is 2.22. The number of aryl methyl sites for hydroxylation is 1. The summed E-state index contributed by atoms with van der Waals surface area (Å²) in [6, 6.07) is 15.0. The molecule has 1 fully saturated rings.